The van der Waals surface area contributed by atoms with Crippen LogP contribution in [-0.4, -0.2) is 33.4 Å². The third-order valence-electron chi connectivity index (χ3n) is 3.24. The first-order valence-corrected chi connectivity index (χ1v) is 7.98. The van der Waals surface area contributed by atoms with Gasteiger partial charge in [0, 0.05) is 22.1 Å². The van der Waals surface area contributed by atoms with Crippen molar-refractivity contribution in [3.05, 3.63) is 59.1 Å². The molecule has 0 atom stereocenters. The van der Waals surface area contributed by atoms with E-state index < -0.39 is 0 Å². The highest BCUT2D eigenvalue weighted by Gasteiger charge is 2.12. The molecule has 5 nitrogen and oxygen atoms in total. The number of aliphatic hydroxyl groups is 1. The fourth-order valence-electron chi connectivity index (χ4n) is 2.14. The maximum absolute atomic E-state index is 9.07. The van der Waals surface area contributed by atoms with Crippen LogP contribution in [0.5, 0.6) is 0 Å². The van der Waals surface area contributed by atoms with E-state index in [2.05, 4.69) is 36.4 Å². The molecule has 3 rings (SSSR count). The zero-order valence-electron chi connectivity index (χ0n) is 12.3. The van der Waals surface area contributed by atoms with E-state index in [4.69, 9.17) is 5.11 Å². The maximum Gasteiger partial charge on any atom is 0.183 e. The number of nitrogens with zero attached hydrogens (tertiary/aromatic N) is 3. The molecule has 2 aromatic carbocycles. The lowest BCUT2D eigenvalue weighted by molar-refractivity contribution is 0.311. The average molecular weight is 371 g/mol. The number of anilines is 1. The van der Waals surface area contributed by atoms with Crippen LogP contribution in [0.25, 0.3) is 22.6 Å². The highest BCUT2D eigenvalue weighted by Crippen LogP contribution is 2.26. The minimum Gasteiger partial charge on any atom is -0.395 e. The zero-order valence-corrected chi connectivity index (χ0v) is 13.9. The van der Waals surface area contributed by atoms with Crippen LogP contribution in [0.4, 0.5) is 5.82 Å². The van der Waals surface area contributed by atoms with Gasteiger partial charge in [-0.1, -0.05) is 58.4 Å². The quantitative estimate of drug-likeness (QED) is 0.720. The lowest BCUT2D eigenvalue weighted by atomic mass is 10.1. The Balaban J connectivity index is 2.03. The maximum atomic E-state index is 9.07. The molecule has 6 heteroatoms. The second kappa shape index (κ2) is 7.30. The Morgan fingerprint density at radius 1 is 0.913 bits per heavy atom. The largest absolute Gasteiger partial charge is 0.395 e. The first kappa shape index (κ1) is 15.6. The zero-order chi connectivity index (χ0) is 16.1. The minimum atomic E-state index is 0.0197. The van der Waals surface area contributed by atoms with E-state index in [0.717, 1.165) is 15.6 Å². The van der Waals surface area contributed by atoms with Gasteiger partial charge >= 0.3 is 0 Å². The lowest BCUT2D eigenvalue weighted by Crippen LogP contribution is -2.10. The van der Waals surface area contributed by atoms with Crippen molar-refractivity contribution in [2.45, 2.75) is 0 Å². The fraction of sp³-hybridized carbons (Fsp3) is 0.118. The van der Waals surface area contributed by atoms with Crippen LogP contribution in [0, 0.1) is 0 Å². The van der Waals surface area contributed by atoms with Gasteiger partial charge in [-0.25, -0.2) is 4.98 Å². The molecule has 0 radical (unpaired) electrons. The summed E-state index contributed by atoms with van der Waals surface area (Å²) in [6.45, 7) is 0.421. The van der Waals surface area contributed by atoms with Gasteiger partial charge in [-0.3, -0.25) is 0 Å². The van der Waals surface area contributed by atoms with Gasteiger partial charge in [0.1, 0.15) is 5.69 Å². The average Bonchev–Trinajstić information content (AvgIpc) is 2.61. The molecule has 0 saturated heterocycles. The third kappa shape index (κ3) is 3.72. The van der Waals surface area contributed by atoms with Gasteiger partial charge in [0.05, 0.1) is 6.61 Å². The molecule has 0 amide bonds. The molecule has 1 aromatic heterocycles. The van der Waals surface area contributed by atoms with Crippen LogP contribution in [0.2, 0.25) is 0 Å². The summed E-state index contributed by atoms with van der Waals surface area (Å²) in [7, 11) is 0. The molecular formula is C17H15BrN4O. The summed E-state index contributed by atoms with van der Waals surface area (Å²) in [4.78, 5) is 4.58. The molecule has 3 aromatic rings. The smallest absolute Gasteiger partial charge is 0.183 e. The van der Waals surface area contributed by atoms with E-state index in [1.165, 1.54) is 0 Å². The molecule has 0 bridgehead atoms. The van der Waals surface area contributed by atoms with Crippen LogP contribution in [0.15, 0.2) is 59.1 Å². The second-order valence-corrected chi connectivity index (χ2v) is 5.77. The monoisotopic (exact) mass is 370 g/mol. The first-order valence-electron chi connectivity index (χ1n) is 7.19. The molecule has 0 aliphatic heterocycles. The molecule has 0 spiro atoms. The molecule has 23 heavy (non-hydrogen) atoms. The standard InChI is InChI=1S/C17H15BrN4O/c18-14-8-6-13(7-9-14)16-20-17(19-10-11-23)15(21-22-16)12-4-2-1-3-5-12/h1-9,23H,10-11H2,(H,19,20,22). The van der Waals surface area contributed by atoms with E-state index in [0.29, 0.717) is 23.9 Å². The van der Waals surface area contributed by atoms with Crippen molar-refractivity contribution in [3.63, 3.8) is 0 Å². The van der Waals surface area contributed by atoms with Gasteiger partial charge in [0.2, 0.25) is 0 Å². The van der Waals surface area contributed by atoms with Gasteiger partial charge < -0.3 is 10.4 Å². The van der Waals surface area contributed by atoms with Crippen LogP contribution < -0.4 is 5.32 Å². The molecule has 2 N–H and O–H groups in total. The van der Waals surface area contributed by atoms with Gasteiger partial charge in [-0.2, -0.15) is 0 Å². The van der Waals surface area contributed by atoms with Gasteiger partial charge in [0.25, 0.3) is 0 Å². The predicted octanol–water partition coefficient (Wildman–Crippen LogP) is 3.37. The van der Waals surface area contributed by atoms with Crippen molar-refractivity contribution in [2.24, 2.45) is 0 Å². The molecule has 116 valence electrons. The number of benzene rings is 2. The van der Waals surface area contributed by atoms with E-state index in [9.17, 15) is 0 Å². The number of aliphatic hydroxyl groups excluding tert-OH is 1. The van der Waals surface area contributed by atoms with Crippen LogP contribution in [0.1, 0.15) is 0 Å². The fourth-order valence-corrected chi connectivity index (χ4v) is 2.40. The Bertz CT molecular complexity index is 778. The topological polar surface area (TPSA) is 70.9 Å². The van der Waals surface area contributed by atoms with Crippen molar-refractivity contribution in [1.82, 2.24) is 15.2 Å². The molecule has 0 fully saturated rings. The highest BCUT2D eigenvalue weighted by atomic mass is 79.9. The van der Waals surface area contributed by atoms with Crippen molar-refractivity contribution >= 4 is 21.7 Å². The van der Waals surface area contributed by atoms with Gasteiger partial charge in [-0.15, -0.1) is 10.2 Å². The second-order valence-electron chi connectivity index (χ2n) is 4.86. The summed E-state index contributed by atoms with van der Waals surface area (Å²) in [6, 6.07) is 17.5. The van der Waals surface area contributed by atoms with Crippen LogP contribution >= 0.6 is 15.9 Å². The number of nitrogens with one attached hydrogen (secondary N) is 1. The van der Waals surface area contributed by atoms with E-state index in [1.807, 2.05) is 54.6 Å². The molecular weight excluding hydrogens is 356 g/mol. The van der Waals surface area contributed by atoms with Crippen LogP contribution in [0.3, 0.4) is 0 Å². The van der Waals surface area contributed by atoms with Crippen molar-refractivity contribution in [3.8, 4) is 22.6 Å². The minimum absolute atomic E-state index is 0.0197. The van der Waals surface area contributed by atoms with Gasteiger partial charge in [-0.05, 0) is 12.1 Å². The van der Waals surface area contributed by atoms with E-state index in [1.54, 1.807) is 0 Å². The number of hydrogen-bond donors (Lipinski definition) is 2. The van der Waals surface area contributed by atoms with Crippen LogP contribution in [-0.2, 0) is 0 Å². The third-order valence-corrected chi connectivity index (χ3v) is 3.77. The van der Waals surface area contributed by atoms with E-state index >= 15 is 0 Å². The van der Waals surface area contributed by atoms with Gasteiger partial charge in [0.15, 0.2) is 11.6 Å². The highest BCUT2D eigenvalue weighted by molar-refractivity contribution is 9.10. The SMILES string of the molecule is OCCNc1nc(-c2ccc(Br)cc2)nnc1-c1ccccc1. The summed E-state index contributed by atoms with van der Waals surface area (Å²) in [5.41, 5.74) is 2.47. The Kier molecular flexibility index (Phi) is 4.95. The molecule has 0 saturated carbocycles. The van der Waals surface area contributed by atoms with E-state index in [-0.39, 0.29) is 6.61 Å². The Labute approximate surface area is 142 Å². The number of aromatic nitrogens is 3. The number of rotatable bonds is 5. The molecule has 1 heterocycles. The van der Waals surface area contributed by atoms with Crippen molar-refractivity contribution in [2.75, 3.05) is 18.5 Å². The predicted molar refractivity (Wildman–Crippen MR) is 94.0 cm³/mol. The molecule has 0 aliphatic rings. The summed E-state index contributed by atoms with van der Waals surface area (Å²) >= 11 is 3.41. The summed E-state index contributed by atoms with van der Waals surface area (Å²) in [5, 5.41) is 20.8. The summed E-state index contributed by atoms with van der Waals surface area (Å²) < 4.78 is 0.994. The molecule has 0 unspecified atom stereocenters. The number of hydrogen-bond acceptors (Lipinski definition) is 5. The summed E-state index contributed by atoms with van der Waals surface area (Å²) in [5.74, 6) is 1.15. The Hall–Kier alpha value is -2.31. The van der Waals surface area contributed by atoms with Crippen molar-refractivity contribution in [1.29, 1.82) is 0 Å². The number of halogens is 1. The summed E-state index contributed by atoms with van der Waals surface area (Å²) in [6.07, 6.45) is 0. The Morgan fingerprint density at radius 2 is 1.65 bits per heavy atom. The molecule has 0 aliphatic carbocycles. The lowest BCUT2D eigenvalue weighted by Gasteiger charge is -2.10. The first-order chi connectivity index (χ1) is 11.3. The normalized spacial score (nSPS) is 10.5. The Morgan fingerprint density at radius 3 is 2.35 bits per heavy atom. The van der Waals surface area contributed by atoms with Crippen molar-refractivity contribution < 1.29 is 5.11 Å².